The van der Waals surface area contributed by atoms with E-state index in [9.17, 15) is 9.90 Å². The Morgan fingerprint density at radius 3 is 2.67 bits per heavy atom. The fourth-order valence-electron chi connectivity index (χ4n) is 2.93. The molecule has 1 aliphatic heterocycles. The van der Waals surface area contributed by atoms with Crippen LogP contribution in [0.25, 0.3) is 0 Å². The number of aromatic carboxylic acids is 1. The Hall–Kier alpha value is -2.44. The first-order chi connectivity index (χ1) is 11.8. The number of carboxylic acids is 1. The highest BCUT2D eigenvalue weighted by Gasteiger charge is 2.23. The van der Waals surface area contributed by atoms with Crippen LogP contribution in [-0.2, 0) is 4.74 Å². The molecule has 24 heavy (non-hydrogen) atoms. The van der Waals surface area contributed by atoms with E-state index in [0.717, 1.165) is 13.1 Å². The number of morpholine rings is 1. The number of carbonyl (C=O) groups is 1. The van der Waals surface area contributed by atoms with E-state index in [2.05, 4.69) is 27.3 Å². The number of pyridine rings is 1. The Bertz CT molecular complexity index is 672. The van der Waals surface area contributed by atoms with Gasteiger partial charge in [0.05, 0.1) is 19.3 Å². The van der Waals surface area contributed by atoms with Crippen LogP contribution in [0.5, 0.6) is 0 Å². The number of anilines is 1. The molecule has 0 radical (unpaired) electrons. The normalized spacial score (nSPS) is 16.5. The summed E-state index contributed by atoms with van der Waals surface area (Å²) in [5, 5.41) is 12.5. The van der Waals surface area contributed by atoms with E-state index < -0.39 is 5.97 Å². The van der Waals surface area contributed by atoms with Crippen molar-refractivity contribution in [2.24, 2.45) is 0 Å². The van der Waals surface area contributed by atoms with Crippen LogP contribution in [0.3, 0.4) is 0 Å². The molecule has 0 unspecified atom stereocenters. The van der Waals surface area contributed by atoms with Crippen molar-refractivity contribution in [3.63, 3.8) is 0 Å². The van der Waals surface area contributed by atoms with Crippen molar-refractivity contribution < 1.29 is 14.6 Å². The lowest BCUT2D eigenvalue weighted by molar-refractivity contribution is 0.0187. The summed E-state index contributed by atoms with van der Waals surface area (Å²) in [6.07, 6.45) is 1.60. The molecule has 6 heteroatoms. The lowest BCUT2D eigenvalue weighted by Crippen LogP contribution is -2.41. The van der Waals surface area contributed by atoms with Crippen LogP contribution in [0.1, 0.15) is 22.0 Å². The van der Waals surface area contributed by atoms with Crippen LogP contribution in [0.15, 0.2) is 48.7 Å². The Labute approximate surface area is 141 Å². The Morgan fingerprint density at radius 2 is 1.96 bits per heavy atom. The van der Waals surface area contributed by atoms with Crippen LogP contribution in [0.4, 0.5) is 5.82 Å². The van der Waals surface area contributed by atoms with E-state index in [0.29, 0.717) is 25.6 Å². The topological polar surface area (TPSA) is 74.7 Å². The van der Waals surface area contributed by atoms with Gasteiger partial charge in [-0.15, -0.1) is 0 Å². The first-order valence-electron chi connectivity index (χ1n) is 8.04. The van der Waals surface area contributed by atoms with E-state index >= 15 is 0 Å². The van der Waals surface area contributed by atoms with Crippen molar-refractivity contribution in [2.45, 2.75) is 6.04 Å². The molecule has 6 nitrogen and oxygen atoms in total. The predicted molar refractivity (Wildman–Crippen MR) is 91.3 cm³/mol. The first kappa shape index (κ1) is 16.4. The van der Waals surface area contributed by atoms with Gasteiger partial charge < -0.3 is 15.2 Å². The summed E-state index contributed by atoms with van der Waals surface area (Å²) in [6, 6.07) is 13.6. The smallest absolute Gasteiger partial charge is 0.339 e. The molecule has 0 spiro atoms. The Kier molecular flexibility index (Phi) is 5.40. The highest BCUT2D eigenvalue weighted by molar-refractivity contribution is 5.92. The molecule has 1 aromatic carbocycles. The molecule has 1 fully saturated rings. The zero-order valence-corrected chi connectivity index (χ0v) is 13.4. The van der Waals surface area contributed by atoms with E-state index in [-0.39, 0.29) is 11.6 Å². The predicted octanol–water partition coefficient (Wildman–Crippen LogP) is 2.27. The second-order valence-corrected chi connectivity index (χ2v) is 5.66. The number of benzene rings is 1. The van der Waals surface area contributed by atoms with Crippen molar-refractivity contribution in [3.8, 4) is 0 Å². The number of carboxylic acid groups (broad SMARTS) is 1. The molecular formula is C18H21N3O3. The molecule has 1 aliphatic rings. The summed E-state index contributed by atoms with van der Waals surface area (Å²) in [5.41, 5.74) is 1.38. The maximum Gasteiger partial charge on any atom is 0.339 e. The standard InChI is InChI=1S/C18H21N3O3/c22-18(23)15-7-4-8-19-17(15)20-13-16(14-5-2-1-3-6-14)21-9-11-24-12-10-21/h1-8,16H,9-13H2,(H,19,20)(H,22,23)/t16-/m0/s1. The zero-order valence-electron chi connectivity index (χ0n) is 13.4. The fraction of sp³-hybridized carbons (Fsp3) is 0.333. The minimum atomic E-state index is -0.978. The number of nitrogens with one attached hydrogen (secondary N) is 1. The van der Waals surface area contributed by atoms with Gasteiger partial charge in [0.2, 0.25) is 0 Å². The lowest BCUT2D eigenvalue weighted by Gasteiger charge is -2.35. The van der Waals surface area contributed by atoms with Gasteiger partial charge in [-0.3, -0.25) is 4.90 Å². The molecule has 2 N–H and O–H groups in total. The molecule has 2 aromatic rings. The van der Waals surface area contributed by atoms with Crippen molar-refractivity contribution in [1.29, 1.82) is 0 Å². The minimum absolute atomic E-state index is 0.138. The Balaban J connectivity index is 1.78. The van der Waals surface area contributed by atoms with Gasteiger partial charge in [0.1, 0.15) is 11.4 Å². The van der Waals surface area contributed by atoms with Gasteiger partial charge in [-0.05, 0) is 17.7 Å². The number of hydrogen-bond donors (Lipinski definition) is 2. The van der Waals surface area contributed by atoms with Crippen molar-refractivity contribution >= 4 is 11.8 Å². The summed E-state index contributed by atoms with van der Waals surface area (Å²) >= 11 is 0. The second-order valence-electron chi connectivity index (χ2n) is 5.66. The molecular weight excluding hydrogens is 306 g/mol. The van der Waals surface area contributed by atoms with Crippen molar-refractivity contribution in [1.82, 2.24) is 9.88 Å². The van der Waals surface area contributed by atoms with Gasteiger partial charge in [0.25, 0.3) is 0 Å². The van der Waals surface area contributed by atoms with Gasteiger partial charge in [-0.2, -0.15) is 0 Å². The van der Waals surface area contributed by atoms with Gasteiger partial charge >= 0.3 is 5.97 Å². The van der Waals surface area contributed by atoms with E-state index in [4.69, 9.17) is 4.74 Å². The summed E-state index contributed by atoms with van der Waals surface area (Å²) in [7, 11) is 0. The lowest BCUT2D eigenvalue weighted by atomic mass is 10.0. The maximum atomic E-state index is 11.3. The average molecular weight is 327 g/mol. The Morgan fingerprint density at radius 1 is 1.21 bits per heavy atom. The SMILES string of the molecule is O=C(O)c1cccnc1NC[C@@H](c1ccccc1)N1CCOCC1. The number of hydrogen-bond acceptors (Lipinski definition) is 5. The molecule has 0 saturated carbocycles. The summed E-state index contributed by atoms with van der Waals surface area (Å²) in [6.45, 7) is 3.73. The third-order valence-electron chi connectivity index (χ3n) is 4.17. The van der Waals surface area contributed by atoms with Gasteiger partial charge in [0.15, 0.2) is 0 Å². The maximum absolute atomic E-state index is 11.3. The van der Waals surface area contributed by atoms with Gasteiger partial charge in [0, 0.05) is 25.8 Å². The summed E-state index contributed by atoms with van der Waals surface area (Å²) < 4.78 is 5.45. The molecule has 1 aromatic heterocycles. The van der Waals surface area contributed by atoms with E-state index in [1.165, 1.54) is 5.56 Å². The van der Waals surface area contributed by atoms with Crippen molar-refractivity contribution in [3.05, 3.63) is 59.8 Å². The minimum Gasteiger partial charge on any atom is -0.478 e. The molecule has 1 atom stereocenters. The van der Waals surface area contributed by atoms with Crippen LogP contribution < -0.4 is 5.32 Å². The quantitative estimate of drug-likeness (QED) is 0.848. The third kappa shape index (κ3) is 3.90. The molecule has 0 amide bonds. The fourth-order valence-corrected chi connectivity index (χ4v) is 2.93. The second kappa shape index (κ2) is 7.90. The molecule has 126 valence electrons. The van der Waals surface area contributed by atoms with Crippen LogP contribution in [-0.4, -0.2) is 53.8 Å². The van der Waals surface area contributed by atoms with Crippen LogP contribution >= 0.6 is 0 Å². The third-order valence-corrected chi connectivity index (χ3v) is 4.17. The summed E-state index contributed by atoms with van der Waals surface area (Å²) in [4.78, 5) is 17.9. The molecule has 0 aliphatic carbocycles. The van der Waals surface area contributed by atoms with E-state index in [1.807, 2.05) is 18.2 Å². The van der Waals surface area contributed by atoms with E-state index in [1.54, 1.807) is 18.3 Å². The van der Waals surface area contributed by atoms with Crippen LogP contribution in [0, 0.1) is 0 Å². The molecule has 0 bridgehead atoms. The monoisotopic (exact) mass is 327 g/mol. The number of ether oxygens (including phenoxy) is 1. The molecule has 3 rings (SSSR count). The first-order valence-corrected chi connectivity index (χ1v) is 8.04. The number of nitrogens with zero attached hydrogens (tertiary/aromatic N) is 2. The number of rotatable bonds is 6. The summed E-state index contributed by atoms with van der Waals surface area (Å²) in [5.74, 6) is -0.576. The van der Waals surface area contributed by atoms with Gasteiger partial charge in [-0.25, -0.2) is 9.78 Å². The number of aromatic nitrogens is 1. The van der Waals surface area contributed by atoms with Gasteiger partial charge in [-0.1, -0.05) is 30.3 Å². The van der Waals surface area contributed by atoms with Crippen molar-refractivity contribution in [2.75, 3.05) is 38.2 Å². The zero-order chi connectivity index (χ0) is 16.8. The highest BCUT2D eigenvalue weighted by atomic mass is 16.5. The largest absolute Gasteiger partial charge is 0.478 e. The van der Waals surface area contributed by atoms with Crippen LogP contribution in [0.2, 0.25) is 0 Å². The molecule has 2 heterocycles. The highest BCUT2D eigenvalue weighted by Crippen LogP contribution is 2.23. The molecule has 1 saturated heterocycles. The average Bonchev–Trinajstić information content (AvgIpc) is 2.64.